The van der Waals surface area contributed by atoms with Gasteiger partial charge < -0.3 is 4.74 Å². The van der Waals surface area contributed by atoms with E-state index in [9.17, 15) is 8.78 Å². The Bertz CT molecular complexity index is 487. The van der Waals surface area contributed by atoms with Crippen LogP contribution in [0.15, 0.2) is 35.3 Å². The molecule has 0 fully saturated rings. The Morgan fingerprint density at radius 2 is 2.18 bits per heavy atom. The van der Waals surface area contributed by atoms with E-state index in [4.69, 9.17) is 4.74 Å². The van der Waals surface area contributed by atoms with Gasteiger partial charge in [0.15, 0.2) is 5.82 Å². The number of alkyl halides is 2. The van der Waals surface area contributed by atoms with E-state index >= 15 is 0 Å². The third-order valence-corrected chi connectivity index (χ3v) is 2.50. The summed E-state index contributed by atoms with van der Waals surface area (Å²) in [6.45, 7) is -2.64. The van der Waals surface area contributed by atoms with Crippen LogP contribution in [-0.2, 0) is 6.61 Å². The van der Waals surface area contributed by atoms with Crippen LogP contribution in [0.5, 0.6) is 5.75 Å². The topological polar surface area (TPSA) is 39.9 Å². The average Bonchev–Trinajstić information content (AvgIpc) is 2.76. The normalized spacial score (nSPS) is 10.8. The monoisotopic (exact) mass is 303 g/mol. The zero-order valence-corrected chi connectivity index (χ0v) is 10.1. The molecule has 0 N–H and O–H groups in total. The van der Waals surface area contributed by atoms with Crippen molar-refractivity contribution < 1.29 is 13.5 Å². The second-order valence-corrected chi connectivity index (χ2v) is 3.95. The number of imidazole rings is 1. The molecule has 0 saturated heterocycles. The summed E-state index contributed by atoms with van der Waals surface area (Å²) in [5.41, 5.74) is 0. The Labute approximate surface area is 104 Å². The zero-order chi connectivity index (χ0) is 12.3. The smallest absolute Gasteiger partial charge is 0.320 e. The van der Waals surface area contributed by atoms with E-state index in [-0.39, 0.29) is 12.4 Å². The summed E-state index contributed by atoms with van der Waals surface area (Å²) < 4.78 is 31.7. The quantitative estimate of drug-likeness (QED) is 0.815. The third-order valence-electron chi connectivity index (χ3n) is 2.03. The Balaban J connectivity index is 2.02. The van der Waals surface area contributed by atoms with Gasteiger partial charge in [0.1, 0.15) is 17.0 Å². The number of rotatable bonds is 4. The molecule has 0 radical (unpaired) electrons. The van der Waals surface area contributed by atoms with Gasteiger partial charge in [0.2, 0.25) is 0 Å². The van der Waals surface area contributed by atoms with Gasteiger partial charge >= 0.3 is 6.55 Å². The van der Waals surface area contributed by atoms with Crippen molar-refractivity contribution in [2.24, 2.45) is 0 Å². The van der Waals surface area contributed by atoms with Crippen LogP contribution in [0.1, 0.15) is 12.4 Å². The van der Waals surface area contributed by atoms with E-state index in [0.717, 1.165) is 4.57 Å². The van der Waals surface area contributed by atoms with Gasteiger partial charge in [-0.25, -0.2) is 9.97 Å². The van der Waals surface area contributed by atoms with Crippen molar-refractivity contribution in [1.29, 1.82) is 0 Å². The van der Waals surface area contributed by atoms with E-state index in [1.54, 1.807) is 12.1 Å². The highest BCUT2D eigenvalue weighted by Gasteiger charge is 2.11. The number of pyridine rings is 1. The van der Waals surface area contributed by atoms with Crippen LogP contribution in [0.25, 0.3) is 0 Å². The van der Waals surface area contributed by atoms with Crippen LogP contribution in [0.2, 0.25) is 0 Å². The number of aromatic nitrogens is 3. The minimum absolute atomic E-state index is 0.0271. The van der Waals surface area contributed by atoms with E-state index in [1.165, 1.54) is 18.6 Å². The third kappa shape index (κ3) is 3.00. The first-order chi connectivity index (χ1) is 8.16. The fourth-order valence-electron chi connectivity index (χ4n) is 1.23. The summed E-state index contributed by atoms with van der Waals surface area (Å²) >= 11 is 3.18. The van der Waals surface area contributed by atoms with Crippen molar-refractivity contribution in [3.63, 3.8) is 0 Å². The Hall–Kier alpha value is -1.50. The number of ether oxygens (including phenoxy) is 1. The zero-order valence-electron chi connectivity index (χ0n) is 8.55. The maximum atomic E-state index is 12.5. The first-order valence-electron chi connectivity index (χ1n) is 4.71. The molecule has 0 saturated carbocycles. The van der Waals surface area contributed by atoms with Crippen LogP contribution in [0.4, 0.5) is 8.78 Å². The van der Waals surface area contributed by atoms with E-state index < -0.39 is 6.55 Å². The van der Waals surface area contributed by atoms with Crippen LogP contribution in [0.3, 0.4) is 0 Å². The summed E-state index contributed by atoms with van der Waals surface area (Å²) in [5.74, 6) is 0.667. The molecule has 0 amide bonds. The molecule has 0 aliphatic rings. The molecule has 2 heterocycles. The molecule has 7 heteroatoms. The van der Waals surface area contributed by atoms with E-state index in [0.29, 0.717) is 10.4 Å². The number of nitrogens with zero attached hydrogens (tertiary/aromatic N) is 3. The second kappa shape index (κ2) is 5.22. The first-order valence-corrected chi connectivity index (χ1v) is 5.50. The van der Waals surface area contributed by atoms with Gasteiger partial charge in [-0.2, -0.15) is 8.78 Å². The van der Waals surface area contributed by atoms with Crippen molar-refractivity contribution >= 4 is 15.9 Å². The number of hydrogen-bond acceptors (Lipinski definition) is 3. The predicted molar refractivity (Wildman–Crippen MR) is 59.7 cm³/mol. The van der Waals surface area contributed by atoms with Crippen molar-refractivity contribution in [2.45, 2.75) is 13.2 Å². The fraction of sp³-hybridized carbons (Fsp3) is 0.200. The average molecular weight is 304 g/mol. The molecule has 0 atom stereocenters. The maximum absolute atomic E-state index is 12.5. The van der Waals surface area contributed by atoms with Gasteiger partial charge in [-0.3, -0.25) is 4.57 Å². The van der Waals surface area contributed by atoms with Crippen molar-refractivity contribution in [3.05, 3.63) is 41.2 Å². The summed E-state index contributed by atoms with van der Waals surface area (Å²) in [5, 5.41) is 0. The van der Waals surface area contributed by atoms with Crippen LogP contribution in [-0.4, -0.2) is 14.5 Å². The van der Waals surface area contributed by atoms with E-state index in [1.807, 2.05) is 0 Å². The maximum Gasteiger partial charge on any atom is 0.320 e. The van der Waals surface area contributed by atoms with E-state index in [2.05, 4.69) is 25.9 Å². The van der Waals surface area contributed by atoms with Crippen molar-refractivity contribution in [1.82, 2.24) is 14.5 Å². The highest BCUT2D eigenvalue weighted by molar-refractivity contribution is 9.10. The van der Waals surface area contributed by atoms with Gasteiger partial charge in [0.25, 0.3) is 0 Å². The van der Waals surface area contributed by atoms with Crippen LogP contribution < -0.4 is 4.74 Å². The van der Waals surface area contributed by atoms with Crippen LogP contribution >= 0.6 is 15.9 Å². The SMILES string of the molecule is FC(F)n1ccnc1COc1ccc(Br)nc1. The Morgan fingerprint density at radius 1 is 1.35 bits per heavy atom. The van der Waals surface area contributed by atoms with Crippen LogP contribution in [0, 0.1) is 0 Å². The highest BCUT2D eigenvalue weighted by atomic mass is 79.9. The lowest BCUT2D eigenvalue weighted by molar-refractivity contribution is 0.0632. The van der Waals surface area contributed by atoms with Gasteiger partial charge in [0.05, 0.1) is 6.20 Å². The second-order valence-electron chi connectivity index (χ2n) is 3.13. The Morgan fingerprint density at radius 3 is 2.82 bits per heavy atom. The van der Waals surface area contributed by atoms with Crippen molar-refractivity contribution in [3.8, 4) is 5.75 Å². The lowest BCUT2D eigenvalue weighted by Crippen LogP contribution is -2.07. The van der Waals surface area contributed by atoms with Gasteiger partial charge in [0, 0.05) is 12.4 Å². The molecular formula is C10H8BrF2N3O. The summed E-state index contributed by atoms with van der Waals surface area (Å²) in [6.07, 6.45) is 4.02. The number of hydrogen-bond donors (Lipinski definition) is 0. The minimum Gasteiger partial charge on any atom is -0.484 e. The molecule has 4 nitrogen and oxygen atoms in total. The fourth-order valence-corrected chi connectivity index (χ4v) is 1.46. The molecule has 0 unspecified atom stereocenters. The molecule has 0 aliphatic carbocycles. The summed E-state index contributed by atoms with van der Waals surface area (Å²) in [7, 11) is 0. The highest BCUT2D eigenvalue weighted by Crippen LogP contribution is 2.16. The van der Waals surface area contributed by atoms with Gasteiger partial charge in [-0.1, -0.05) is 0 Å². The lowest BCUT2D eigenvalue weighted by atomic mass is 10.5. The standard InChI is InChI=1S/C10H8BrF2N3O/c11-8-2-1-7(5-15-8)17-6-9-14-3-4-16(9)10(12)13/h1-5,10H,6H2. The largest absolute Gasteiger partial charge is 0.484 e. The molecule has 0 aromatic carbocycles. The predicted octanol–water partition coefficient (Wildman–Crippen LogP) is 3.01. The molecule has 2 rings (SSSR count). The molecule has 2 aromatic heterocycles. The summed E-state index contributed by atoms with van der Waals surface area (Å²) in [4.78, 5) is 7.75. The molecule has 0 spiro atoms. The van der Waals surface area contributed by atoms with Gasteiger partial charge in [-0.05, 0) is 28.1 Å². The summed E-state index contributed by atoms with van der Waals surface area (Å²) in [6, 6.07) is 3.39. The molecule has 2 aromatic rings. The Kier molecular flexibility index (Phi) is 3.68. The molecule has 0 aliphatic heterocycles. The van der Waals surface area contributed by atoms with Crippen molar-refractivity contribution in [2.75, 3.05) is 0 Å². The number of halogens is 3. The molecule has 90 valence electrons. The minimum atomic E-state index is -2.61. The molecule has 0 bridgehead atoms. The van der Waals surface area contributed by atoms with Gasteiger partial charge in [-0.15, -0.1) is 0 Å². The molecule has 17 heavy (non-hydrogen) atoms. The first kappa shape index (κ1) is 12.0. The molecular weight excluding hydrogens is 296 g/mol. The lowest BCUT2D eigenvalue weighted by Gasteiger charge is -2.08.